The van der Waals surface area contributed by atoms with E-state index in [9.17, 15) is 18.0 Å². The van der Waals surface area contributed by atoms with Gasteiger partial charge in [0.15, 0.2) is 6.10 Å². The van der Waals surface area contributed by atoms with Crippen LogP contribution in [0.4, 0.5) is 5.69 Å². The normalized spacial score (nSPS) is 17.0. The van der Waals surface area contributed by atoms with Gasteiger partial charge in [-0.2, -0.15) is 0 Å². The highest BCUT2D eigenvalue weighted by Crippen LogP contribution is 2.24. The molecule has 2 atom stereocenters. The van der Waals surface area contributed by atoms with Crippen LogP contribution < -0.4 is 9.62 Å². The number of ether oxygens (including phenoxy) is 2. The molecule has 0 radical (unpaired) electrons. The summed E-state index contributed by atoms with van der Waals surface area (Å²) in [7, 11) is -2.40. The molecule has 1 aliphatic heterocycles. The summed E-state index contributed by atoms with van der Waals surface area (Å²) < 4.78 is 38.6. The van der Waals surface area contributed by atoms with Gasteiger partial charge in [-0.25, -0.2) is 17.9 Å². The average Bonchev–Trinajstić information content (AvgIpc) is 3.31. The van der Waals surface area contributed by atoms with Crippen LogP contribution in [0, 0.1) is 0 Å². The van der Waals surface area contributed by atoms with Gasteiger partial charge >= 0.3 is 5.97 Å². The third-order valence-electron chi connectivity index (χ3n) is 5.09. The molecule has 0 bridgehead atoms. The van der Waals surface area contributed by atoms with E-state index in [1.807, 2.05) is 6.07 Å². The molecule has 8 nitrogen and oxygen atoms in total. The van der Waals surface area contributed by atoms with Crippen LogP contribution in [0.5, 0.6) is 0 Å². The number of halogens is 1. The number of para-hydroxylation sites is 1. The standard InChI is InChI=1S/C22H25ClN2O6S/c1-15(21(26)25(2)17-7-4-3-5-8-17)31-22(27)16-10-11-19(23)20(13-16)32(28,29)24-14-18-9-6-12-30-18/h3-5,7-8,10-11,13,15,18,24H,6,9,12,14H2,1-2H3. The van der Waals surface area contributed by atoms with Crippen molar-refractivity contribution in [2.24, 2.45) is 0 Å². The summed E-state index contributed by atoms with van der Waals surface area (Å²) in [6, 6.07) is 12.7. The summed E-state index contributed by atoms with van der Waals surface area (Å²) >= 11 is 6.08. The second-order valence-corrected chi connectivity index (χ2v) is 9.56. The van der Waals surface area contributed by atoms with E-state index in [0.29, 0.717) is 12.3 Å². The third-order valence-corrected chi connectivity index (χ3v) is 6.99. The number of carbonyl (C=O) groups excluding carboxylic acids is 2. The molecule has 0 spiro atoms. The van der Waals surface area contributed by atoms with E-state index >= 15 is 0 Å². The molecule has 2 aromatic carbocycles. The van der Waals surface area contributed by atoms with Gasteiger partial charge < -0.3 is 14.4 Å². The van der Waals surface area contributed by atoms with E-state index in [0.717, 1.165) is 18.9 Å². The Labute approximate surface area is 192 Å². The Bertz CT molecular complexity index is 1070. The van der Waals surface area contributed by atoms with Crippen LogP contribution in [0.3, 0.4) is 0 Å². The summed E-state index contributed by atoms with van der Waals surface area (Å²) in [6.45, 7) is 2.17. The molecule has 1 aliphatic rings. The Morgan fingerprint density at radius 3 is 2.62 bits per heavy atom. The van der Waals surface area contributed by atoms with Gasteiger partial charge in [0.05, 0.1) is 16.7 Å². The van der Waals surface area contributed by atoms with Crippen molar-refractivity contribution in [2.75, 3.05) is 25.1 Å². The van der Waals surface area contributed by atoms with Crippen molar-refractivity contribution in [3.63, 3.8) is 0 Å². The average molecular weight is 481 g/mol. The number of hydrogen-bond donors (Lipinski definition) is 1. The van der Waals surface area contributed by atoms with Crippen LogP contribution in [-0.2, 0) is 24.3 Å². The minimum atomic E-state index is -3.97. The first-order valence-corrected chi connectivity index (χ1v) is 12.0. The molecule has 10 heteroatoms. The van der Waals surface area contributed by atoms with Crippen molar-refractivity contribution in [3.05, 3.63) is 59.1 Å². The van der Waals surface area contributed by atoms with Gasteiger partial charge in [0.1, 0.15) is 4.90 Å². The maximum absolute atomic E-state index is 12.7. The first kappa shape index (κ1) is 24.2. The number of nitrogens with one attached hydrogen (secondary N) is 1. The molecule has 3 rings (SSSR count). The Morgan fingerprint density at radius 2 is 1.97 bits per heavy atom. The fourth-order valence-corrected chi connectivity index (χ4v) is 4.84. The largest absolute Gasteiger partial charge is 0.449 e. The zero-order chi connectivity index (χ0) is 23.3. The SMILES string of the molecule is CC(OC(=O)c1ccc(Cl)c(S(=O)(=O)NCC2CCCO2)c1)C(=O)N(C)c1ccccc1. The zero-order valence-electron chi connectivity index (χ0n) is 17.8. The Balaban J connectivity index is 1.69. The lowest BCUT2D eigenvalue weighted by Crippen LogP contribution is -2.37. The molecular weight excluding hydrogens is 456 g/mol. The summed E-state index contributed by atoms with van der Waals surface area (Å²) in [4.78, 5) is 26.4. The number of likely N-dealkylation sites (N-methyl/N-ethyl adjacent to an activating group) is 1. The van der Waals surface area contributed by atoms with E-state index in [1.165, 1.54) is 24.0 Å². The maximum atomic E-state index is 12.7. The number of esters is 1. The number of amides is 1. The number of hydrogen-bond acceptors (Lipinski definition) is 6. The van der Waals surface area contributed by atoms with Crippen LogP contribution in [0.2, 0.25) is 5.02 Å². The van der Waals surface area contributed by atoms with Gasteiger partial charge in [-0.15, -0.1) is 0 Å². The molecule has 1 saturated heterocycles. The van der Waals surface area contributed by atoms with Gasteiger partial charge in [0, 0.05) is 25.9 Å². The topological polar surface area (TPSA) is 102 Å². The lowest BCUT2D eigenvalue weighted by Gasteiger charge is -2.21. The fraction of sp³-hybridized carbons (Fsp3) is 0.364. The molecule has 0 saturated carbocycles. The number of sulfonamides is 1. The van der Waals surface area contributed by atoms with Crippen LogP contribution >= 0.6 is 11.6 Å². The van der Waals surface area contributed by atoms with Crippen LogP contribution in [-0.4, -0.2) is 52.7 Å². The molecule has 1 N–H and O–H groups in total. The summed E-state index contributed by atoms with van der Waals surface area (Å²) in [6.07, 6.45) is 0.378. The van der Waals surface area contributed by atoms with E-state index in [4.69, 9.17) is 21.1 Å². The quantitative estimate of drug-likeness (QED) is 0.583. The van der Waals surface area contributed by atoms with Gasteiger partial charge in [0.2, 0.25) is 10.0 Å². The van der Waals surface area contributed by atoms with Crippen molar-refractivity contribution in [1.29, 1.82) is 0 Å². The van der Waals surface area contributed by atoms with E-state index in [1.54, 1.807) is 31.3 Å². The van der Waals surface area contributed by atoms with Crippen molar-refractivity contribution >= 4 is 39.2 Å². The number of anilines is 1. The predicted octanol–water partition coefficient (Wildman–Crippen LogP) is 3.01. The molecule has 172 valence electrons. The van der Waals surface area contributed by atoms with Crippen LogP contribution in [0.15, 0.2) is 53.4 Å². The lowest BCUT2D eigenvalue weighted by molar-refractivity contribution is -0.126. The minimum Gasteiger partial charge on any atom is -0.449 e. The number of carbonyl (C=O) groups is 2. The van der Waals surface area contributed by atoms with Gasteiger partial charge in [-0.1, -0.05) is 29.8 Å². The predicted molar refractivity (Wildman–Crippen MR) is 120 cm³/mol. The van der Waals surface area contributed by atoms with Crippen LogP contribution in [0.1, 0.15) is 30.1 Å². The summed E-state index contributed by atoms with van der Waals surface area (Å²) in [5, 5.41) is -0.0330. The number of nitrogens with zero attached hydrogens (tertiary/aromatic N) is 1. The smallest absolute Gasteiger partial charge is 0.338 e. The Kier molecular flexibility index (Phi) is 7.89. The monoisotopic (exact) mass is 480 g/mol. The van der Waals surface area contributed by atoms with Crippen molar-refractivity contribution in [2.45, 2.75) is 36.9 Å². The van der Waals surface area contributed by atoms with Crippen LogP contribution in [0.25, 0.3) is 0 Å². The fourth-order valence-electron chi connectivity index (χ4n) is 3.25. The highest BCUT2D eigenvalue weighted by atomic mass is 35.5. The third kappa shape index (κ3) is 5.86. The molecule has 1 amide bonds. The van der Waals surface area contributed by atoms with E-state index in [2.05, 4.69) is 4.72 Å². The molecule has 32 heavy (non-hydrogen) atoms. The maximum Gasteiger partial charge on any atom is 0.338 e. The first-order chi connectivity index (χ1) is 15.2. The van der Waals surface area contributed by atoms with Crippen molar-refractivity contribution in [1.82, 2.24) is 4.72 Å². The molecular formula is C22H25ClN2O6S. The number of benzene rings is 2. The second-order valence-electron chi connectivity index (χ2n) is 7.41. The van der Waals surface area contributed by atoms with E-state index < -0.39 is 28.0 Å². The second kappa shape index (κ2) is 10.4. The zero-order valence-corrected chi connectivity index (χ0v) is 19.4. The van der Waals surface area contributed by atoms with Gasteiger partial charge in [-0.3, -0.25) is 4.79 Å². The molecule has 2 unspecified atom stereocenters. The highest BCUT2D eigenvalue weighted by molar-refractivity contribution is 7.89. The lowest BCUT2D eigenvalue weighted by atomic mass is 10.2. The molecule has 2 aromatic rings. The van der Waals surface area contributed by atoms with Gasteiger partial charge in [0.25, 0.3) is 5.91 Å². The Hall–Kier alpha value is -2.46. The molecule has 0 aromatic heterocycles. The molecule has 0 aliphatic carbocycles. The Morgan fingerprint density at radius 1 is 1.25 bits per heavy atom. The summed E-state index contributed by atoms with van der Waals surface area (Å²) in [5.41, 5.74) is 0.617. The van der Waals surface area contributed by atoms with Crippen molar-refractivity contribution in [3.8, 4) is 0 Å². The van der Waals surface area contributed by atoms with E-state index in [-0.39, 0.29) is 28.1 Å². The van der Waals surface area contributed by atoms with Crippen molar-refractivity contribution < 1.29 is 27.5 Å². The minimum absolute atomic E-state index is 0.0330. The number of rotatable bonds is 8. The molecule has 1 heterocycles. The first-order valence-electron chi connectivity index (χ1n) is 10.1. The summed E-state index contributed by atoms with van der Waals surface area (Å²) in [5.74, 6) is -1.26. The molecule has 1 fully saturated rings. The highest BCUT2D eigenvalue weighted by Gasteiger charge is 2.26. The van der Waals surface area contributed by atoms with Gasteiger partial charge in [-0.05, 0) is 50.1 Å².